The van der Waals surface area contributed by atoms with E-state index in [9.17, 15) is 14.9 Å². The van der Waals surface area contributed by atoms with Crippen molar-refractivity contribution in [1.82, 2.24) is 18.7 Å². The van der Waals surface area contributed by atoms with Gasteiger partial charge in [0.15, 0.2) is 11.2 Å². The lowest BCUT2D eigenvalue weighted by atomic mass is 10.1. The number of benzene rings is 2. The Morgan fingerprint density at radius 1 is 1.10 bits per heavy atom. The van der Waals surface area contributed by atoms with Gasteiger partial charge in [-0.1, -0.05) is 35.9 Å². The zero-order valence-corrected chi connectivity index (χ0v) is 16.4. The van der Waals surface area contributed by atoms with Crippen LogP contribution in [0, 0.1) is 18.3 Å². The normalized spacial score (nSPS) is 13.5. The molecule has 0 aliphatic heterocycles. The van der Waals surface area contributed by atoms with E-state index in [0.717, 1.165) is 24.0 Å². The molecule has 0 spiro atoms. The molecule has 5 rings (SSSR count). The third kappa shape index (κ3) is 2.85. The van der Waals surface area contributed by atoms with Crippen LogP contribution in [0.2, 0.25) is 0 Å². The summed E-state index contributed by atoms with van der Waals surface area (Å²) in [4.78, 5) is 31.0. The number of nitriles is 1. The summed E-state index contributed by atoms with van der Waals surface area (Å²) in [6, 6.07) is 17.0. The standard InChI is InChI=1S/C23H19N5O2/c1-15-6-8-18(9-7-15)27-21-20(22(29)28(23(27)30)19-10-11-19)26(14-25-21)13-17-5-3-2-4-16(17)12-24/h2-9,14,19H,10-11,13H2,1H3. The van der Waals surface area contributed by atoms with E-state index in [1.165, 1.54) is 9.13 Å². The predicted octanol–water partition coefficient (Wildman–Crippen LogP) is 2.91. The fourth-order valence-corrected chi connectivity index (χ4v) is 3.81. The second-order valence-electron chi connectivity index (χ2n) is 7.67. The van der Waals surface area contributed by atoms with Crippen LogP contribution in [0.3, 0.4) is 0 Å². The molecule has 0 radical (unpaired) electrons. The second kappa shape index (κ2) is 6.85. The van der Waals surface area contributed by atoms with Crippen molar-refractivity contribution in [2.75, 3.05) is 0 Å². The van der Waals surface area contributed by atoms with Crippen molar-refractivity contribution in [2.24, 2.45) is 0 Å². The summed E-state index contributed by atoms with van der Waals surface area (Å²) in [6.07, 6.45) is 3.21. The summed E-state index contributed by atoms with van der Waals surface area (Å²) in [5.41, 5.74) is 3.12. The van der Waals surface area contributed by atoms with Gasteiger partial charge in [-0.3, -0.25) is 9.36 Å². The van der Waals surface area contributed by atoms with Crippen LogP contribution in [-0.2, 0) is 6.54 Å². The molecule has 2 aromatic carbocycles. The Balaban J connectivity index is 1.78. The van der Waals surface area contributed by atoms with Crippen LogP contribution in [0.15, 0.2) is 64.4 Å². The molecule has 0 bridgehead atoms. The Morgan fingerprint density at radius 2 is 1.83 bits per heavy atom. The van der Waals surface area contributed by atoms with Gasteiger partial charge in [-0.25, -0.2) is 14.3 Å². The molecule has 1 fully saturated rings. The van der Waals surface area contributed by atoms with Crippen molar-refractivity contribution in [1.29, 1.82) is 5.26 Å². The molecule has 148 valence electrons. The molecule has 1 saturated carbocycles. The van der Waals surface area contributed by atoms with Gasteiger partial charge in [0.25, 0.3) is 5.56 Å². The Bertz CT molecular complexity index is 1430. The van der Waals surface area contributed by atoms with Crippen LogP contribution in [0.5, 0.6) is 0 Å². The Hall–Kier alpha value is -3.92. The van der Waals surface area contributed by atoms with E-state index >= 15 is 0 Å². The van der Waals surface area contributed by atoms with Crippen molar-refractivity contribution in [2.45, 2.75) is 32.4 Å². The van der Waals surface area contributed by atoms with Crippen LogP contribution in [0.25, 0.3) is 16.9 Å². The number of hydrogen-bond acceptors (Lipinski definition) is 4. The van der Waals surface area contributed by atoms with Gasteiger partial charge < -0.3 is 4.57 Å². The Morgan fingerprint density at radius 3 is 2.53 bits per heavy atom. The molecular weight excluding hydrogens is 378 g/mol. The average molecular weight is 397 g/mol. The first kappa shape index (κ1) is 18.1. The molecule has 2 heterocycles. The molecule has 0 atom stereocenters. The maximum atomic E-state index is 13.3. The lowest BCUT2D eigenvalue weighted by Crippen LogP contribution is -2.39. The van der Waals surface area contributed by atoms with E-state index in [0.29, 0.717) is 29.0 Å². The van der Waals surface area contributed by atoms with Crippen LogP contribution in [0.4, 0.5) is 0 Å². The summed E-state index contributed by atoms with van der Waals surface area (Å²) in [6.45, 7) is 2.31. The molecular formula is C23H19N5O2. The van der Waals surface area contributed by atoms with Crippen LogP contribution >= 0.6 is 0 Å². The van der Waals surface area contributed by atoms with Gasteiger partial charge in [0.05, 0.1) is 30.2 Å². The molecule has 0 N–H and O–H groups in total. The van der Waals surface area contributed by atoms with Gasteiger partial charge >= 0.3 is 5.69 Å². The minimum atomic E-state index is -0.360. The quantitative estimate of drug-likeness (QED) is 0.530. The van der Waals surface area contributed by atoms with E-state index in [1.807, 2.05) is 49.4 Å². The van der Waals surface area contributed by atoms with Crippen molar-refractivity contribution >= 4 is 11.2 Å². The molecule has 0 saturated heterocycles. The fraction of sp³-hybridized carbons (Fsp3) is 0.217. The zero-order valence-electron chi connectivity index (χ0n) is 16.4. The van der Waals surface area contributed by atoms with Crippen LogP contribution in [0.1, 0.15) is 35.6 Å². The van der Waals surface area contributed by atoms with Gasteiger partial charge in [-0.2, -0.15) is 5.26 Å². The second-order valence-corrected chi connectivity index (χ2v) is 7.67. The minimum absolute atomic E-state index is 0.0687. The van der Waals surface area contributed by atoms with Crippen molar-refractivity contribution < 1.29 is 0 Å². The van der Waals surface area contributed by atoms with Crippen molar-refractivity contribution in [3.05, 3.63) is 92.4 Å². The smallest absolute Gasteiger partial charge is 0.320 e. The zero-order chi connectivity index (χ0) is 20.8. The topological polar surface area (TPSA) is 85.6 Å². The molecule has 1 aliphatic rings. The minimum Gasteiger partial charge on any atom is -0.320 e. The third-order valence-electron chi connectivity index (χ3n) is 5.53. The van der Waals surface area contributed by atoms with Gasteiger partial charge in [-0.15, -0.1) is 0 Å². The van der Waals surface area contributed by atoms with E-state index in [4.69, 9.17) is 0 Å². The molecule has 4 aromatic rings. The van der Waals surface area contributed by atoms with Gasteiger partial charge in [0.2, 0.25) is 0 Å². The maximum absolute atomic E-state index is 13.3. The number of nitrogens with zero attached hydrogens (tertiary/aromatic N) is 5. The van der Waals surface area contributed by atoms with E-state index in [1.54, 1.807) is 17.0 Å². The summed E-state index contributed by atoms with van der Waals surface area (Å²) in [5.74, 6) is 0. The van der Waals surface area contributed by atoms with Crippen molar-refractivity contribution in [3.8, 4) is 11.8 Å². The van der Waals surface area contributed by atoms with Crippen LogP contribution in [-0.4, -0.2) is 18.7 Å². The van der Waals surface area contributed by atoms with E-state index < -0.39 is 0 Å². The number of hydrogen-bond donors (Lipinski definition) is 0. The molecule has 1 aliphatic carbocycles. The van der Waals surface area contributed by atoms with Crippen LogP contribution < -0.4 is 11.2 Å². The van der Waals surface area contributed by atoms with E-state index in [2.05, 4.69) is 11.1 Å². The number of fused-ring (bicyclic) bond motifs is 1. The summed E-state index contributed by atoms with van der Waals surface area (Å²) < 4.78 is 4.61. The predicted molar refractivity (Wildman–Crippen MR) is 113 cm³/mol. The lowest BCUT2D eigenvalue weighted by molar-refractivity contribution is 0.639. The van der Waals surface area contributed by atoms with Crippen molar-refractivity contribution in [3.63, 3.8) is 0 Å². The molecule has 7 heteroatoms. The first-order valence-corrected chi connectivity index (χ1v) is 9.86. The summed E-state index contributed by atoms with van der Waals surface area (Å²) in [7, 11) is 0. The SMILES string of the molecule is Cc1ccc(-n2c(=O)n(C3CC3)c(=O)c3c2ncn3Cc2ccccc2C#N)cc1. The highest BCUT2D eigenvalue weighted by atomic mass is 16.2. The monoisotopic (exact) mass is 397 g/mol. The highest BCUT2D eigenvalue weighted by molar-refractivity contribution is 5.72. The number of rotatable bonds is 4. The van der Waals surface area contributed by atoms with Gasteiger partial charge in [0, 0.05) is 6.04 Å². The molecule has 0 unspecified atom stereocenters. The number of aromatic nitrogens is 4. The summed E-state index contributed by atoms with van der Waals surface area (Å²) in [5, 5.41) is 9.41. The Kier molecular flexibility index (Phi) is 4.14. The third-order valence-corrected chi connectivity index (χ3v) is 5.53. The number of aryl methyl sites for hydroxylation is 1. The average Bonchev–Trinajstić information content (AvgIpc) is 3.50. The van der Waals surface area contributed by atoms with Gasteiger partial charge in [0.1, 0.15) is 0 Å². The molecule has 0 amide bonds. The first-order valence-electron chi connectivity index (χ1n) is 9.86. The summed E-state index contributed by atoms with van der Waals surface area (Å²) >= 11 is 0. The molecule has 2 aromatic heterocycles. The van der Waals surface area contributed by atoms with E-state index in [-0.39, 0.29) is 17.3 Å². The van der Waals surface area contributed by atoms with Gasteiger partial charge in [-0.05, 0) is 43.5 Å². The molecule has 7 nitrogen and oxygen atoms in total. The highest BCUT2D eigenvalue weighted by Gasteiger charge is 2.30. The largest absolute Gasteiger partial charge is 0.337 e. The first-order chi connectivity index (χ1) is 14.6. The lowest BCUT2D eigenvalue weighted by Gasteiger charge is -2.13. The molecule has 30 heavy (non-hydrogen) atoms. The highest BCUT2D eigenvalue weighted by Crippen LogP contribution is 2.32. The fourth-order valence-electron chi connectivity index (χ4n) is 3.81. The number of imidazole rings is 1. The Labute approximate surface area is 172 Å². The maximum Gasteiger partial charge on any atom is 0.337 e.